The Bertz CT molecular complexity index is 2920. The summed E-state index contributed by atoms with van der Waals surface area (Å²) < 4.78 is 8.70. The van der Waals surface area contributed by atoms with E-state index in [0.29, 0.717) is 0 Å². The van der Waals surface area contributed by atoms with Gasteiger partial charge in [-0.15, -0.1) is 54.1 Å². The molecule has 0 atom stereocenters. The van der Waals surface area contributed by atoms with E-state index >= 15 is 0 Å². The van der Waals surface area contributed by atoms with Crippen LogP contribution in [0.25, 0.3) is 72.4 Å². The van der Waals surface area contributed by atoms with E-state index in [9.17, 15) is 0 Å². The number of para-hydroxylation sites is 1. The molecule has 0 bridgehead atoms. The smallest absolute Gasteiger partial charge is 0.124 e. The average molecular weight is 968 g/mol. The normalized spacial score (nSPS) is 11.7. The Morgan fingerprint density at radius 2 is 1.51 bits per heavy atom. The average Bonchev–Trinajstić information content (AvgIpc) is 3.77. The first-order chi connectivity index (χ1) is 27.8. The monoisotopic (exact) mass is 968 g/mol. The van der Waals surface area contributed by atoms with E-state index < -0.39 is 8.07 Å². The summed E-state index contributed by atoms with van der Waals surface area (Å²) in [6.07, 6.45) is 5.05. The van der Waals surface area contributed by atoms with Crippen LogP contribution in [-0.2, 0) is 26.5 Å². The second kappa shape index (κ2) is 16.6. The molecule has 8 heteroatoms. The molecule has 0 amide bonds. The van der Waals surface area contributed by atoms with Crippen LogP contribution in [0.15, 0.2) is 126 Å². The first kappa shape index (κ1) is 41.6. The summed E-state index contributed by atoms with van der Waals surface area (Å²) in [5.74, 6) is 0.765. The van der Waals surface area contributed by atoms with E-state index in [1.165, 1.54) is 10.8 Å². The van der Waals surface area contributed by atoms with Crippen molar-refractivity contribution in [3.63, 3.8) is 0 Å². The van der Waals surface area contributed by atoms with Crippen molar-refractivity contribution in [2.24, 2.45) is 5.41 Å². The molecule has 0 aliphatic rings. The maximum atomic E-state index is 6.49. The summed E-state index contributed by atoms with van der Waals surface area (Å²) in [6.45, 7) is 20.1. The summed E-state index contributed by atoms with van der Waals surface area (Å²) in [5.41, 5.74) is 14.1. The van der Waals surface area contributed by atoms with Crippen molar-refractivity contribution >= 4 is 46.2 Å². The zero-order valence-electron chi connectivity index (χ0n) is 35.2. The van der Waals surface area contributed by atoms with Crippen molar-refractivity contribution < 1.29 is 24.5 Å². The zero-order chi connectivity index (χ0) is 40.8. The largest absolute Gasteiger partial charge is 0.500 e. The van der Waals surface area contributed by atoms with Gasteiger partial charge in [-0.2, -0.15) is 0 Å². The molecule has 9 aromatic rings. The van der Waals surface area contributed by atoms with Crippen molar-refractivity contribution in [1.29, 1.82) is 0 Å². The van der Waals surface area contributed by atoms with Crippen LogP contribution in [0.4, 0.5) is 0 Å². The van der Waals surface area contributed by atoms with Crippen LogP contribution < -0.4 is 5.19 Å². The summed E-state index contributed by atoms with van der Waals surface area (Å²) >= 11 is 0. The fraction of sp³-hybridized carbons (Fsp3) is 0.216. The fourth-order valence-corrected chi connectivity index (χ4v) is 9.51. The van der Waals surface area contributed by atoms with Crippen molar-refractivity contribution in [2.45, 2.75) is 67.6 Å². The van der Waals surface area contributed by atoms with Gasteiger partial charge in [0.05, 0.1) is 36.2 Å². The van der Waals surface area contributed by atoms with Gasteiger partial charge in [0.2, 0.25) is 0 Å². The van der Waals surface area contributed by atoms with Crippen LogP contribution in [-0.4, -0.2) is 32.6 Å². The third kappa shape index (κ3) is 8.49. The molecule has 5 heterocycles. The predicted molar refractivity (Wildman–Crippen MR) is 243 cm³/mol. The van der Waals surface area contributed by atoms with Crippen LogP contribution in [0, 0.1) is 38.3 Å². The molecule has 9 rings (SSSR count). The molecule has 0 fully saturated rings. The van der Waals surface area contributed by atoms with Crippen molar-refractivity contribution in [2.75, 3.05) is 0 Å². The molecule has 1 radical (unpaired) electrons. The van der Waals surface area contributed by atoms with Crippen LogP contribution in [0.2, 0.25) is 19.6 Å². The van der Waals surface area contributed by atoms with E-state index in [1.807, 2.05) is 75.5 Å². The first-order valence-electron chi connectivity index (χ1n) is 19.9. The van der Waals surface area contributed by atoms with Crippen molar-refractivity contribution in [3.05, 3.63) is 156 Å². The number of pyridine rings is 3. The van der Waals surface area contributed by atoms with Gasteiger partial charge in [-0.3, -0.25) is 15.0 Å². The number of aromatic nitrogens is 5. The van der Waals surface area contributed by atoms with Crippen LogP contribution >= 0.6 is 0 Å². The van der Waals surface area contributed by atoms with Crippen molar-refractivity contribution in [3.8, 4) is 39.5 Å². The molecule has 0 N–H and O–H groups in total. The van der Waals surface area contributed by atoms with E-state index in [-0.39, 0.29) is 25.5 Å². The van der Waals surface area contributed by atoms with Gasteiger partial charge in [0.1, 0.15) is 5.58 Å². The standard InChI is InChI=1S/C32H23N4O.C19H26NSi.Ir/c1-19-18-28-29(20(2)34-19)24-13-9-14-25(31(24)37-28)32-35-30-21(3)33-17-16-27(30)36(32)26-15-8-7-12-23(26)22-10-5-4-6-11-22;1-19(2,3)13-16-12-17(15-10-8-7-9-11-15)20-14-18(16)21(4,5)6;/h4-13,15-18H,1-3H3;7-10,12,14H,13H2,1-6H3;/q2*-1;. The quantitative estimate of drug-likeness (QED) is 0.123. The first-order valence-corrected chi connectivity index (χ1v) is 23.4. The molecule has 0 unspecified atom stereocenters. The van der Waals surface area contributed by atoms with Gasteiger partial charge in [-0.1, -0.05) is 112 Å². The Kier molecular flexibility index (Phi) is 11.7. The molecule has 59 heavy (non-hydrogen) atoms. The van der Waals surface area contributed by atoms with Gasteiger partial charge in [-0.05, 0) is 61.2 Å². The molecule has 0 saturated carbocycles. The Hall–Kier alpha value is -5.53. The van der Waals surface area contributed by atoms with Gasteiger partial charge >= 0.3 is 0 Å². The summed E-state index contributed by atoms with van der Waals surface area (Å²) in [5, 5.41) is 3.52. The topological polar surface area (TPSA) is 69.6 Å². The number of nitrogens with zero attached hydrogens (tertiary/aromatic N) is 5. The molecule has 5 aromatic heterocycles. The van der Waals surface area contributed by atoms with E-state index in [0.717, 1.165) is 95.9 Å². The Balaban J connectivity index is 0.000000206. The molecule has 6 nitrogen and oxygen atoms in total. The minimum atomic E-state index is -1.37. The molecule has 4 aromatic carbocycles. The molecule has 0 saturated heterocycles. The van der Waals surface area contributed by atoms with Crippen molar-refractivity contribution in [1.82, 2.24) is 24.5 Å². The molecular weight excluding hydrogens is 919 g/mol. The number of fused-ring (bicyclic) bond motifs is 4. The zero-order valence-corrected chi connectivity index (χ0v) is 38.6. The molecule has 0 aliphatic carbocycles. The minimum absolute atomic E-state index is 0. The molecular formula is C51H49IrN5OSi-2. The van der Waals surface area contributed by atoms with Gasteiger partial charge in [0.25, 0.3) is 0 Å². The van der Waals surface area contributed by atoms with Gasteiger partial charge in [0, 0.05) is 66.6 Å². The predicted octanol–water partition coefficient (Wildman–Crippen LogP) is 12.5. The Labute approximate surface area is 362 Å². The van der Waals surface area contributed by atoms with Crippen LogP contribution in [0.3, 0.4) is 0 Å². The molecule has 0 spiro atoms. The maximum Gasteiger partial charge on any atom is 0.124 e. The third-order valence-corrected chi connectivity index (χ3v) is 12.5. The number of aryl methyl sites for hydroxylation is 3. The molecule has 0 aliphatic heterocycles. The number of imidazole rings is 1. The SMILES string of the molecule is CC(C)(C)Cc1cc(-c2[c-]cccc2)ncc1[Si](C)(C)C.Cc1cc2oc3c(-c4nc5c(C)nccc5n4-c4ccccc4-c4ccccc4)[c-]ccc3c2c(C)n1.[Ir]. The number of hydrogen-bond acceptors (Lipinski definition) is 5. The van der Waals surface area contributed by atoms with E-state index in [2.05, 4.69) is 134 Å². The molecule has 299 valence electrons. The van der Waals surface area contributed by atoms with E-state index in [1.54, 1.807) is 0 Å². The number of furan rings is 1. The summed E-state index contributed by atoms with van der Waals surface area (Å²) in [6, 6.07) is 44.0. The van der Waals surface area contributed by atoms with Crippen LogP contribution in [0.5, 0.6) is 0 Å². The Morgan fingerprint density at radius 1 is 0.763 bits per heavy atom. The van der Waals surface area contributed by atoms with E-state index in [4.69, 9.17) is 14.4 Å². The number of benzene rings is 4. The summed E-state index contributed by atoms with van der Waals surface area (Å²) in [7, 11) is -1.37. The Morgan fingerprint density at radius 3 is 2.24 bits per heavy atom. The number of rotatable bonds is 6. The van der Waals surface area contributed by atoms with Gasteiger partial charge in [0.15, 0.2) is 0 Å². The van der Waals surface area contributed by atoms with Crippen LogP contribution in [0.1, 0.15) is 43.4 Å². The maximum absolute atomic E-state index is 6.49. The van der Waals surface area contributed by atoms with Gasteiger partial charge in [-0.25, -0.2) is 0 Å². The number of hydrogen-bond donors (Lipinski definition) is 0. The fourth-order valence-electron chi connectivity index (χ4n) is 7.93. The third-order valence-electron chi connectivity index (χ3n) is 10.4. The summed E-state index contributed by atoms with van der Waals surface area (Å²) in [4.78, 5) is 19.1. The second-order valence-electron chi connectivity index (χ2n) is 17.3. The minimum Gasteiger partial charge on any atom is -0.500 e. The van der Waals surface area contributed by atoms with Gasteiger partial charge < -0.3 is 14.0 Å². The second-order valence-corrected chi connectivity index (χ2v) is 22.4.